The van der Waals surface area contributed by atoms with E-state index in [0.29, 0.717) is 11.3 Å². The fourth-order valence-electron chi connectivity index (χ4n) is 1.96. The fourth-order valence-corrected chi connectivity index (χ4v) is 2.55. The van der Waals surface area contributed by atoms with Crippen molar-refractivity contribution in [3.8, 4) is 0 Å². The van der Waals surface area contributed by atoms with Gasteiger partial charge in [0.1, 0.15) is 5.58 Å². The van der Waals surface area contributed by atoms with E-state index < -0.39 is 0 Å². The minimum atomic E-state index is -0.341. The van der Waals surface area contributed by atoms with E-state index in [2.05, 4.69) is 10.5 Å². The predicted octanol–water partition coefficient (Wildman–Crippen LogP) is 3.57. The highest BCUT2D eigenvalue weighted by atomic mass is 32.1. The number of benzene rings is 1. The second-order valence-electron chi connectivity index (χ2n) is 4.27. The monoisotopic (exact) mass is 284 g/mol. The first-order chi connectivity index (χ1) is 9.75. The quantitative estimate of drug-likeness (QED) is 0.590. The summed E-state index contributed by atoms with van der Waals surface area (Å²) in [5, 5.41) is 6.82. The Morgan fingerprint density at radius 2 is 2.15 bits per heavy atom. The second-order valence-corrected chi connectivity index (χ2v) is 5.25. The molecule has 100 valence electrons. The second kappa shape index (κ2) is 5.30. The van der Waals surface area contributed by atoms with Crippen LogP contribution in [0.2, 0.25) is 0 Å². The summed E-state index contributed by atoms with van der Waals surface area (Å²) in [6.45, 7) is 1.86. The molecule has 2 heterocycles. The van der Waals surface area contributed by atoms with Crippen molar-refractivity contribution in [1.82, 2.24) is 5.43 Å². The van der Waals surface area contributed by atoms with Crippen molar-refractivity contribution in [1.29, 1.82) is 0 Å². The van der Waals surface area contributed by atoms with E-state index in [-0.39, 0.29) is 5.91 Å². The summed E-state index contributed by atoms with van der Waals surface area (Å²) in [6, 6.07) is 11.4. The van der Waals surface area contributed by atoms with Crippen molar-refractivity contribution >= 4 is 34.4 Å². The van der Waals surface area contributed by atoms with E-state index in [1.165, 1.54) is 0 Å². The molecular formula is C15H12N2O2S. The van der Waals surface area contributed by atoms with Crippen molar-refractivity contribution in [2.75, 3.05) is 0 Å². The van der Waals surface area contributed by atoms with Crippen molar-refractivity contribution < 1.29 is 9.21 Å². The Balaban J connectivity index is 1.80. The highest BCUT2D eigenvalue weighted by Gasteiger charge is 2.16. The number of aryl methyl sites for hydroxylation is 1. The average Bonchev–Trinajstić information content (AvgIpc) is 3.08. The van der Waals surface area contributed by atoms with Crippen LogP contribution in [0.4, 0.5) is 0 Å². The zero-order valence-electron chi connectivity index (χ0n) is 10.8. The van der Waals surface area contributed by atoms with Gasteiger partial charge in [-0.25, -0.2) is 5.43 Å². The Morgan fingerprint density at radius 1 is 1.30 bits per heavy atom. The number of amides is 1. The molecule has 0 unspecified atom stereocenters. The molecule has 0 radical (unpaired) electrons. The van der Waals surface area contributed by atoms with Crippen LogP contribution in [0.5, 0.6) is 0 Å². The van der Waals surface area contributed by atoms with Gasteiger partial charge in [0.15, 0.2) is 5.76 Å². The van der Waals surface area contributed by atoms with E-state index in [1.54, 1.807) is 17.6 Å². The molecule has 0 bridgehead atoms. The van der Waals surface area contributed by atoms with Gasteiger partial charge in [-0.1, -0.05) is 24.3 Å². The summed E-state index contributed by atoms with van der Waals surface area (Å²) < 4.78 is 5.57. The van der Waals surface area contributed by atoms with E-state index in [9.17, 15) is 4.79 Å². The lowest BCUT2D eigenvalue weighted by Gasteiger charge is -1.96. The van der Waals surface area contributed by atoms with Gasteiger partial charge in [0.25, 0.3) is 0 Å². The van der Waals surface area contributed by atoms with Crippen LogP contribution in [0.1, 0.15) is 21.0 Å². The van der Waals surface area contributed by atoms with Gasteiger partial charge < -0.3 is 4.42 Å². The molecule has 2 aromatic heterocycles. The third-order valence-corrected chi connectivity index (χ3v) is 3.76. The van der Waals surface area contributed by atoms with Gasteiger partial charge in [0.2, 0.25) is 0 Å². The highest BCUT2D eigenvalue weighted by molar-refractivity contribution is 7.11. The van der Waals surface area contributed by atoms with Crippen molar-refractivity contribution in [2.24, 2.45) is 5.10 Å². The molecule has 3 aromatic rings. The number of nitrogens with zero attached hydrogens (tertiary/aromatic N) is 1. The molecule has 5 heteroatoms. The van der Waals surface area contributed by atoms with Gasteiger partial charge in [-0.2, -0.15) is 5.10 Å². The Morgan fingerprint density at radius 3 is 2.90 bits per heavy atom. The van der Waals surface area contributed by atoms with Crippen LogP contribution >= 0.6 is 11.3 Å². The standard InChI is InChI=1S/C15H12N2O2S/c1-10-12-6-2-3-7-13(12)19-14(10)15(18)17-16-9-11-5-4-8-20-11/h2-9H,1H3,(H,17,18)/b16-9-. The molecule has 1 amide bonds. The summed E-state index contributed by atoms with van der Waals surface area (Å²) >= 11 is 1.55. The third kappa shape index (κ3) is 2.35. The highest BCUT2D eigenvalue weighted by Crippen LogP contribution is 2.24. The first kappa shape index (κ1) is 12.6. The van der Waals surface area contributed by atoms with Crippen LogP contribution in [0, 0.1) is 6.92 Å². The van der Waals surface area contributed by atoms with E-state index in [1.807, 2.05) is 48.7 Å². The molecular weight excluding hydrogens is 272 g/mol. The summed E-state index contributed by atoms with van der Waals surface area (Å²) in [5.41, 5.74) is 4.01. The molecule has 1 aromatic carbocycles. The number of hydrogen-bond acceptors (Lipinski definition) is 4. The van der Waals surface area contributed by atoms with E-state index >= 15 is 0 Å². The molecule has 0 spiro atoms. The van der Waals surface area contributed by atoms with E-state index in [4.69, 9.17) is 4.42 Å². The number of rotatable bonds is 3. The van der Waals surface area contributed by atoms with Gasteiger partial charge in [-0.05, 0) is 24.4 Å². The van der Waals surface area contributed by atoms with Crippen LogP contribution in [-0.2, 0) is 0 Å². The minimum Gasteiger partial charge on any atom is -0.451 e. The van der Waals surface area contributed by atoms with Gasteiger partial charge >= 0.3 is 5.91 Å². The number of furan rings is 1. The number of carbonyl (C=O) groups is 1. The van der Waals surface area contributed by atoms with Crippen molar-refractivity contribution in [3.05, 3.63) is 58.0 Å². The largest absolute Gasteiger partial charge is 0.451 e. The number of thiophene rings is 1. The zero-order valence-corrected chi connectivity index (χ0v) is 11.6. The maximum absolute atomic E-state index is 12.0. The normalized spacial score (nSPS) is 11.2. The predicted molar refractivity (Wildman–Crippen MR) is 80.3 cm³/mol. The SMILES string of the molecule is Cc1c(C(=O)N/N=C\c2cccs2)oc2ccccc12. The van der Waals surface area contributed by atoms with Crippen molar-refractivity contribution in [2.45, 2.75) is 6.92 Å². The Kier molecular flexibility index (Phi) is 3.35. The van der Waals surface area contributed by atoms with Gasteiger partial charge in [-0.15, -0.1) is 11.3 Å². The van der Waals surface area contributed by atoms with Crippen LogP contribution in [0.15, 0.2) is 51.3 Å². The summed E-state index contributed by atoms with van der Waals surface area (Å²) in [5.74, 6) is -0.0407. The lowest BCUT2D eigenvalue weighted by Crippen LogP contribution is -2.17. The van der Waals surface area contributed by atoms with Crippen LogP contribution in [-0.4, -0.2) is 12.1 Å². The van der Waals surface area contributed by atoms with Crippen LogP contribution < -0.4 is 5.43 Å². The summed E-state index contributed by atoms with van der Waals surface area (Å²) in [7, 11) is 0. The summed E-state index contributed by atoms with van der Waals surface area (Å²) in [6.07, 6.45) is 1.61. The maximum Gasteiger partial charge on any atom is 0.307 e. The van der Waals surface area contributed by atoms with Gasteiger partial charge in [0.05, 0.1) is 6.21 Å². The zero-order chi connectivity index (χ0) is 13.9. The lowest BCUT2D eigenvalue weighted by molar-refractivity contribution is 0.0929. The van der Waals surface area contributed by atoms with Gasteiger partial charge in [0, 0.05) is 15.8 Å². The maximum atomic E-state index is 12.0. The lowest BCUT2D eigenvalue weighted by atomic mass is 10.1. The Labute approximate surface area is 119 Å². The molecule has 0 aliphatic heterocycles. The topological polar surface area (TPSA) is 54.6 Å². The molecule has 0 aliphatic rings. The molecule has 0 fully saturated rings. The fraction of sp³-hybridized carbons (Fsp3) is 0.0667. The number of carbonyl (C=O) groups excluding carboxylic acids is 1. The number of hydrogen-bond donors (Lipinski definition) is 1. The van der Waals surface area contributed by atoms with Crippen molar-refractivity contribution in [3.63, 3.8) is 0 Å². The number of fused-ring (bicyclic) bond motifs is 1. The summed E-state index contributed by atoms with van der Waals surface area (Å²) in [4.78, 5) is 13.0. The minimum absolute atomic E-state index is 0.300. The number of nitrogens with one attached hydrogen (secondary N) is 1. The molecule has 0 saturated heterocycles. The number of hydrazone groups is 1. The van der Waals surface area contributed by atoms with E-state index in [0.717, 1.165) is 15.8 Å². The Hall–Kier alpha value is -2.40. The molecule has 3 rings (SSSR count). The van der Waals surface area contributed by atoms with Gasteiger partial charge in [-0.3, -0.25) is 4.79 Å². The first-order valence-electron chi connectivity index (χ1n) is 6.11. The van der Waals surface area contributed by atoms with Crippen LogP contribution in [0.25, 0.3) is 11.0 Å². The molecule has 20 heavy (non-hydrogen) atoms. The first-order valence-corrected chi connectivity index (χ1v) is 6.99. The Bertz CT molecular complexity index is 772. The van der Waals surface area contributed by atoms with Crippen LogP contribution in [0.3, 0.4) is 0 Å². The molecule has 0 aliphatic carbocycles. The smallest absolute Gasteiger partial charge is 0.307 e. The third-order valence-electron chi connectivity index (χ3n) is 2.95. The molecule has 1 N–H and O–H groups in total. The average molecular weight is 284 g/mol. The number of para-hydroxylation sites is 1. The molecule has 0 atom stereocenters. The molecule has 4 nitrogen and oxygen atoms in total. The molecule has 0 saturated carbocycles.